The van der Waals surface area contributed by atoms with Gasteiger partial charge in [0.1, 0.15) is 11.5 Å². The first-order valence-corrected chi connectivity index (χ1v) is 9.66. The van der Waals surface area contributed by atoms with Crippen LogP contribution in [0.5, 0.6) is 0 Å². The number of carbonyl (C=O) groups excluding carboxylic acids is 2. The van der Waals surface area contributed by atoms with Crippen LogP contribution in [0.1, 0.15) is 72.1 Å². The van der Waals surface area contributed by atoms with E-state index < -0.39 is 11.1 Å². The largest absolute Gasteiger partial charge is 0.300 e. The molecule has 3 saturated carbocycles. The average molecular weight is 332 g/mol. The second-order valence-electron chi connectivity index (χ2n) is 9.33. The van der Waals surface area contributed by atoms with Gasteiger partial charge in [-0.1, -0.05) is 19.4 Å². The minimum Gasteiger partial charge on any atom is -0.300 e. The van der Waals surface area contributed by atoms with Crippen molar-refractivity contribution in [2.45, 2.75) is 77.8 Å². The smallest absolute Gasteiger partial charge is 0.155 e. The highest BCUT2D eigenvalue weighted by molar-refractivity contribution is 5.91. The number of allylic oxidation sites excluding steroid dienone is 1. The van der Waals surface area contributed by atoms with Crippen molar-refractivity contribution in [3.8, 4) is 0 Å². The normalized spacial score (nSPS) is 50.6. The van der Waals surface area contributed by atoms with Gasteiger partial charge in [-0.25, -0.2) is 4.39 Å². The first kappa shape index (κ1) is 16.5. The molecule has 132 valence electrons. The van der Waals surface area contributed by atoms with E-state index in [-0.39, 0.29) is 28.8 Å². The number of fused-ring (bicyclic) bond motifs is 5. The molecule has 3 heteroatoms. The second-order valence-corrected chi connectivity index (χ2v) is 9.33. The summed E-state index contributed by atoms with van der Waals surface area (Å²) in [5.74, 6) is 0.682. The molecule has 0 amide bonds. The van der Waals surface area contributed by atoms with Crippen molar-refractivity contribution >= 4 is 11.6 Å². The van der Waals surface area contributed by atoms with Crippen LogP contribution in [0.4, 0.5) is 4.39 Å². The van der Waals surface area contributed by atoms with Crippen LogP contribution in [-0.2, 0) is 9.59 Å². The SMILES string of the molecule is CC(=O)[C@H]1CC[C@@]2(F)[C@@H]3CCC4=CC(=O)CC[C@]4(C)[C@H]3CC[C@]12C. The quantitative estimate of drug-likeness (QED) is 0.690. The highest BCUT2D eigenvalue weighted by atomic mass is 19.1. The van der Waals surface area contributed by atoms with Crippen LogP contribution in [0.3, 0.4) is 0 Å². The van der Waals surface area contributed by atoms with Crippen LogP contribution in [0.15, 0.2) is 11.6 Å². The Morgan fingerprint density at radius 2 is 1.83 bits per heavy atom. The molecule has 2 nitrogen and oxygen atoms in total. The first-order valence-electron chi connectivity index (χ1n) is 9.66. The molecule has 4 aliphatic rings. The topological polar surface area (TPSA) is 34.1 Å². The maximum absolute atomic E-state index is 16.5. The van der Waals surface area contributed by atoms with Crippen LogP contribution < -0.4 is 0 Å². The summed E-state index contributed by atoms with van der Waals surface area (Å²) in [6, 6.07) is 0. The standard InChI is InChI=1S/C21H29FO2/c1-13(23)16-8-11-21(22)18-5-4-14-12-15(24)6-9-19(14,2)17(18)7-10-20(16,21)3/h12,16-18H,4-11H2,1-3H3/t16-,17+,18-,19+,20-,21-/m1/s1. The highest BCUT2D eigenvalue weighted by Crippen LogP contribution is 2.69. The summed E-state index contributed by atoms with van der Waals surface area (Å²) in [4.78, 5) is 24.0. The molecule has 4 aliphatic carbocycles. The number of halogens is 1. The molecular weight excluding hydrogens is 303 g/mol. The van der Waals surface area contributed by atoms with Crippen molar-refractivity contribution in [3.05, 3.63) is 11.6 Å². The van der Waals surface area contributed by atoms with E-state index in [2.05, 4.69) is 6.92 Å². The van der Waals surface area contributed by atoms with Gasteiger partial charge in [-0.15, -0.1) is 0 Å². The Labute approximate surface area is 144 Å². The lowest BCUT2D eigenvalue weighted by molar-refractivity contribution is -0.150. The van der Waals surface area contributed by atoms with E-state index in [0.29, 0.717) is 25.2 Å². The Hall–Kier alpha value is -0.990. The first-order chi connectivity index (χ1) is 11.2. The summed E-state index contributed by atoms with van der Waals surface area (Å²) >= 11 is 0. The van der Waals surface area contributed by atoms with Crippen LogP contribution in [-0.4, -0.2) is 17.2 Å². The van der Waals surface area contributed by atoms with Crippen LogP contribution in [0.25, 0.3) is 0 Å². The average Bonchev–Trinajstić information content (AvgIpc) is 2.80. The van der Waals surface area contributed by atoms with Crippen molar-refractivity contribution in [3.63, 3.8) is 0 Å². The zero-order valence-electron chi connectivity index (χ0n) is 15.2. The predicted octanol–water partition coefficient (Wildman–Crippen LogP) is 4.82. The molecule has 6 atom stereocenters. The van der Waals surface area contributed by atoms with Crippen molar-refractivity contribution in [1.82, 2.24) is 0 Å². The predicted molar refractivity (Wildman–Crippen MR) is 91.2 cm³/mol. The minimum atomic E-state index is -1.21. The Kier molecular flexibility index (Phi) is 3.44. The number of hydrogen-bond acceptors (Lipinski definition) is 2. The summed E-state index contributed by atoms with van der Waals surface area (Å²) < 4.78 is 16.5. The summed E-state index contributed by atoms with van der Waals surface area (Å²) in [6.45, 7) is 5.95. The monoisotopic (exact) mass is 332 g/mol. The van der Waals surface area contributed by atoms with Gasteiger partial charge in [-0.05, 0) is 75.2 Å². The lowest BCUT2D eigenvalue weighted by Gasteiger charge is -2.60. The van der Waals surface area contributed by atoms with Gasteiger partial charge in [0.15, 0.2) is 5.78 Å². The molecule has 3 fully saturated rings. The van der Waals surface area contributed by atoms with Gasteiger partial charge in [0.25, 0.3) is 0 Å². The number of ketones is 2. The third-order valence-electron chi connectivity index (χ3n) is 8.56. The molecule has 0 radical (unpaired) electrons. The lowest BCUT2D eigenvalue weighted by Crippen LogP contribution is -2.59. The van der Waals surface area contributed by atoms with Crippen molar-refractivity contribution in [1.29, 1.82) is 0 Å². The molecule has 0 heterocycles. The van der Waals surface area contributed by atoms with E-state index in [0.717, 1.165) is 32.1 Å². The molecule has 0 spiro atoms. The van der Waals surface area contributed by atoms with Gasteiger partial charge in [0, 0.05) is 17.8 Å². The van der Waals surface area contributed by atoms with E-state index in [9.17, 15) is 9.59 Å². The van der Waals surface area contributed by atoms with Gasteiger partial charge >= 0.3 is 0 Å². The van der Waals surface area contributed by atoms with Gasteiger partial charge in [-0.2, -0.15) is 0 Å². The Morgan fingerprint density at radius 3 is 2.54 bits per heavy atom. The van der Waals surface area contributed by atoms with E-state index in [4.69, 9.17) is 0 Å². The highest BCUT2D eigenvalue weighted by Gasteiger charge is 2.68. The number of carbonyl (C=O) groups is 2. The van der Waals surface area contributed by atoms with Crippen LogP contribution in [0, 0.1) is 28.6 Å². The fraction of sp³-hybridized carbons (Fsp3) is 0.810. The van der Waals surface area contributed by atoms with Crippen molar-refractivity contribution in [2.75, 3.05) is 0 Å². The molecule has 0 aromatic heterocycles. The molecule has 0 aromatic rings. The van der Waals surface area contributed by atoms with Gasteiger partial charge in [0.2, 0.25) is 0 Å². The van der Waals surface area contributed by atoms with E-state index >= 15 is 4.39 Å². The van der Waals surface area contributed by atoms with Gasteiger partial charge < -0.3 is 0 Å². The van der Waals surface area contributed by atoms with E-state index in [1.807, 2.05) is 13.0 Å². The summed E-state index contributed by atoms with van der Waals surface area (Å²) in [7, 11) is 0. The molecule has 0 bridgehead atoms. The van der Waals surface area contributed by atoms with Gasteiger partial charge in [-0.3, -0.25) is 9.59 Å². The zero-order valence-corrected chi connectivity index (χ0v) is 15.2. The maximum atomic E-state index is 16.5. The summed E-state index contributed by atoms with van der Waals surface area (Å²) in [5, 5.41) is 0. The number of hydrogen-bond donors (Lipinski definition) is 0. The molecule has 0 saturated heterocycles. The molecule has 0 aliphatic heterocycles. The molecule has 0 N–H and O–H groups in total. The molecule has 24 heavy (non-hydrogen) atoms. The summed E-state index contributed by atoms with van der Waals surface area (Å²) in [5.41, 5.74) is -0.427. The van der Waals surface area contributed by atoms with Crippen LogP contribution >= 0.6 is 0 Å². The van der Waals surface area contributed by atoms with Crippen molar-refractivity contribution in [2.24, 2.45) is 28.6 Å². The minimum absolute atomic E-state index is 0.00838. The molecular formula is C21H29FO2. The summed E-state index contributed by atoms with van der Waals surface area (Å²) in [6.07, 6.45) is 8.12. The fourth-order valence-electron chi connectivity index (χ4n) is 7.13. The number of Topliss-reactive ketones (excluding diaryl/α,β-unsaturated/α-hetero) is 1. The fourth-order valence-corrected chi connectivity index (χ4v) is 7.13. The maximum Gasteiger partial charge on any atom is 0.155 e. The van der Waals surface area contributed by atoms with Gasteiger partial charge in [0.05, 0.1) is 0 Å². The molecule has 4 rings (SSSR count). The third-order valence-corrected chi connectivity index (χ3v) is 8.56. The molecule has 0 unspecified atom stereocenters. The number of alkyl halides is 1. The van der Waals surface area contributed by atoms with Crippen molar-refractivity contribution < 1.29 is 14.0 Å². The Bertz CT molecular complexity index is 638. The second kappa shape index (κ2) is 5.02. The Balaban J connectivity index is 1.73. The third kappa shape index (κ3) is 1.87. The number of rotatable bonds is 1. The zero-order chi connectivity index (χ0) is 17.3. The Morgan fingerprint density at radius 1 is 1.08 bits per heavy atom. The van der Waals surface area contributed by atoms with E-state index in [1.54, 1.807) is 6.92 Å². The van der Waals surface area contributed by atoms with E-state index in [1.165, 1.54) is 5.57 Å². The lowest BCUT2D eigenvalue weighted by atomic mass is 9.45. The van der Waals surface area contributed by atoms with Crippen LogP contribution in [0.2, 0.25) is 0 Å². The molecule has 0 aromatic carbocycles.